The molecule has 0 spiro atoms. The summed E-state index contributed by atoms with van der Waals surface area (Å²) in [7, 11) is 0. The molecule has 32 heavy (non-hydrogen) atoms. The molecule has 3 rings (SSSR count). The highest BCUT2D eigenvalue weighted by atomic mass is 16.5. The molecule has 0 radical (unpaired) electrons. The van der Waals surface area contributed by atoms with Crippen molar-refractivity contribution >= 4 is 5.96 Å². The van der Waals surface area contributed by atoms with Gasteiger partial charge in [-0.1, -0.05) is 13.8 Å². The number of benzene rings is 1. The maximum absolute atomic E-state index is 5.96. The molecule has 2 aliphatic rings. The Morgan fingerprint density at radius 2 is 1.91 bits per heavy atom. The third-order valence-electron chi connectivity index (χ3n) is 6.23. The molecular weight excluding hydrogens is 402 g/mol. The van der Waals surface area contributed by atoms with Crippen LogP contribution in [0.2, 0.25) is 0 Å². The van der Waals surface area contributed by atoms with Gasteiger partial charge in [0.15, 0.2) is 5.96 Å². The van der Waals surface area contributed by atoms with Gasteiger partial charge in [0.05, 0.1) is 13.2 Å². The summed E-state index contributed by atoms with van der Waals surface area (Å²) >= 11 is 0. The van der Waals surface area contributed by atoms with E-state index in [1.807, 2.05) is 6.92 Å². The molecule has 2 unspecified atom stereocenters. The van der Waals surface area contributed by atoms with Crippen LogP contribution in [-0.4, -0.2) is 80.8 Å². The lowest BCUT2D eigenvalue weighted by molar-refractivity contribution is 0.124. The Balaban J connectivity index is 1.56. The van der Waals surface area contributed by atoms with Crippen molar-refractivity contribution in [1.82, 2.24) is 20.4 Å². The summed E-state index contributed by atoms with van der Waals surface area (Å²) in [6.07, 6.45) is 1.16. The van der Waals surface area contributed by atoms with Crippen LogP contribution in [-0.2, 0) is 13.0 Å². The van der Waals surface area contributed by atoms with E-state index < -0.39 is 0 Å². The number of ether oxygens (including phenoxy) is 2. The Morgan fingerprint density at radius 3 is 2.59 bits per heavy atom. The third kappa shape index (κ3) is 7.01. The van der Waals surface area contributed by atoms with E-state index in [0.29, 0.717) is 19.1 Å². The second kappa shape index (κ2) is 12.3. The van der Waals surface area contributed by atoms with Crippen LogP contribution in [0.25, 0.3) is 0 Å². The molecule has 0 bridgehead atoms. The molecule has 1 saturated heterocycles. The monoisotopic (exact) mass is 445 g/mol. The van der Waals surface area contributed by atoms with E-state index in [1.54, 1.807) is 0 Å². The van der Waals surface area contributed by atoms with E-state index in [0.717, 1.165) is 55.6 Å². The van der Waals surface area contributed by atoms with Gasteiger partial charge in [0.2, 0.25) is 0 Å². The quantitative estimate of drug-likeness (QED) is 0.427. The van der Waals surface area contributed by atoms with Gasteiger partial charge in [0.25, 0.3) is 0 Å². The third-order valence-corrected chi connectivity index (χ3v) is 6.23. The van der Waals surface area contributed by atoms with Gasteiger partial charge in [-0.3, -0.25) is 0 Å². The number of guanidine groups is 1. The SMILES string of the molecule is CCNC(=NCc1cc2c(cc1OCC)CC(C)O2)NCC(C)CN1CCN(CC)CC1. The first kappa shape index (κ1) is 24.6. The van der Waals surface area contributed by atoms with Crippen LogP contribution < -0.4 is 20.1 Å². The molecule has 0 aliphatic carbocycles. The first-order valence-electron chi connectivity index (χ1n) is 12.4. The molecule has 0 amide bonds. The smallest absolute Gasteiger partial charge is 0.191 e. The molecule has 180 valence electrons. The lowest BCUT2D eigenvalue weighted by atomic mass is 10.1. The Hall–Kier alpha value is -1.99. The number of aliphatic imine (C=N–C) groups is 1. The second-order valence-electron chi connectivity index (χ2n) is 9.05. The van der Waals surface area contributed by atoms with E-state index in [2.05, 4.69) is 60.3 Å². The summed E-state index contributed by atoms with van der Waals surface area (Å²) in [5.74, 6) is 3.30. The molecule has 1 fully saturated rings. The van der Waals surface area contributed by atoms with Crippen LogP contribution in [0.15, 0.2) is 17.1 Å². The molecule has 7 heteroatoms. The van der Waals surface area contributed by atoms with E-state index >= 15 is 0 Å². The van der Waals surface area contributed by atoms with E-state index in [1.165, 1.54) is 31.7 Å². The highest BCUT2D eigenvalue weighted by Crippen LogP contribution is 2.35. The molecular formula is C25H43N5O2. The zero-order valence-electron chi connectivity index (χ0n) is 20.7. The van der Waals surface area contributed by atoms with Gasteiger partial charge in [-0.2, -0.15) is 0 Å². The average molecular weight is 446 g/mol. The number of hydrogen-bond acceptors (Lipinski definition) is 5. The standard InChI is InChI=1S/C25H43N5O2/c1-6-26-25(27-16-19(4)18-30-11-9-29(7-2)10-12-30)28-17-22-15-24-21(13-20(5)32-24)14-23(22)31-8-3/h14-15,19-20H,6-13,16-18H2,1-5H3,(H2,26,27,28). The molecule has 2 heterocycles. The van der Waals surface area contributed by atoms with Crippen molar-refractivity contribution < 1.29 is 9.47 Å². The fraction of sp³-hybridized carbons (Fsp3) is 0.720. The van der Waals surface area contributed by atoms with Crippen molar-refractivity contribution in [3.05, 3.63) is 23.3 Å². The van der Waals surface area contributed by atoms with E-state index in [-0.39, 0.29) is 6.10 Å². The number of likely N-dealkylation sites (N-methyl/N-ethyl adjacent to an activating group) is 1. The van der Waals surface area contributed by atoms with Gasteiger partial charge < -0.3 is 29.9 Å². The molecule has 7 nitrogen and oxygen atoms in total. The summed E-state index contributed by atoms with van der Waals surface area (Å²) in [6, 6.07) is 4.24. The molecule has 2 N–H and O–H groups in total. The van der Waals surface area contributed by atoms with Crippen molar-refractivity contribution in [2.45, 2.75) is 53.7 Å². The normalized spacial score (nSPS) is 20.5. The highest BCUT2D eigenvalue weighted by molar-refractivity contribution is 5.79. The fourth-order valence-electron chi connectivity index (χ4n) is 4.47. The summed E-state index contributed by atoms with van der Waals surface area (Å²) in [5.41, 5.74) is 2.30. The van der Waals surface area contributed by atoms with E-state index in [4.69, 9.17) is 14.5 Å². The largest absolute Gasteiger partial charge is 0.494 e. The molecule has 2 atom stereocenters. The summed E-state index contributed by atoms with van der Waals surface area (Å²) in [5, 5.41) is 6.92. The minimum atomic E-state index is 0.226. The van der Waals surface area contributed by atoms with Gasteiger partial charge in [0, 0.05) is 63.4 Å². The average Bonchev–Trinajstić information content (AvgIpc) is 3.15. The molecule has 1 aromatic carbocycles. The van der Waals surface area contributed by atoms with Crippen LogP contribution in [0.5, 0.6) is 11.5 Å². The topological polar surface area (TPSA) is 61.4 Å². The summed E-state index contributed by atoms with van der Waals surface area (Å²) < 4.78 is 11.9. The Bertz CT molecular complexity index is 746. The number of nitrogens with one attached hydrogen (secondary N) is 2. The zero-order valence-corrected chi connectivity index (χ0v) is 20.7. The molecule has 0 aromatic heterocycles. The number of hydrogen-bond donors (Lipinski definition) is 2. The maximum atomic E-state index is 5.96. The lowest BCUT2D eigenvalue weighted by Gasteiger charge is -2.35. The highest BCUT2D eigenvalue weighted by Gasteiger charge is 2.22. The van der Waals surface area contributed by atoms with Crippen molar-refractivity contribution in [1.29, 1.82) is 0 Å². The fourth-order valence-corrected chi connectivity index (χ4v) is 4.47. The Labute approximate surface area is 194 Å². The predicted octanol–water partition coefficient (Wildman–Crippen LogP) is 2.74. The van der Waals surface area contributed by atoms with Gasteiger partial charge in [-0.25, -0.2) is 4.99 Å². The molecule has 0 saturated carbocycles. The first-order chi connectivity index (χ1) is 15.5. The maximum Gasteiger partial charge on any atom is 0.191 e. The predicted molar refractivity (Wildman–Crippen MR) is 132 cm³/mol. The minimum Gasteiger partial charge on any atom is -0.494 e. The lowest BCUT2D eigenvalue weighted by Crippen LogP contribution is -2.48. The molecule has 1 aromatic rings. The number of rotatable bonds is 10. The van der Waals surface area contributed by atoms with Crippen molar-refractivity contribution in [3.8, 4) is 11.5 Å². The van der Waals surface area contributed by atoms with Crippen LogP contribution in [0.4, 0.5) is 0 Å². The van der Waals surface area contributed by atoms with Crippen molar-refractivity contribution in [3.63, 3.8) is 0 Å². The van der Waals surface area contributed by atoms with Crippen molar-refractivity contribution in [2.24, 2.45) is 10.9 Å². The Morgan fingerprint density at radius 1 is 1.16 bits per heavy atom. The van der Waals surface area contributed by atoms with Crippen LogP contribution in [0.1, 0.15) is 45.7 Å². The summed E-state index contributed by atoms with van der Waals surface area (Å²) in [6.45, 7) is 20.7. The number of nitrogens with zero attached hydrogens (tertiary/aromatic N) is 3. The first-order valence-corrected chi connectivity index (χ1v) is 12.4. The van der Waals surface area contributed by atoms with Gasteiger partial charge in [0.1, 0.15) is 17.6 Å². The van der Waals surface area contributed by atoms with Gasteiger partial charge in [-0.05, 0) is 45.4 Å². The second-order valence-corrected chi connectivity index (χ2v) is 9.05. The minimum absolute atomic E-state index is 0.226. The van der Waals surface area contributed by atoms with E-state index in [9.17, 15) is 0 Å². The van der Waals surface area contributed by atoms with Crippen molar-refractivity contribution in [2.75, 3.05) is 59.0 Å². The number of piperazine rings is 1. The van der Waals surface area contributed by atoms with Crippen LogP contribution in [0.3, 0.4) is 0 Å². The molecule has 2 aliphatic heterocycles. The van der Waals surface area contributed by atoms with Crippen LogP contribution in [0, 0.1) is 5.92 Å². The van der Waals surface area contributed by atoms with Gasteiger partial charge in [-0.15, -0.1) is 0 Å². The van der Waals surface area contributed by atoms with Gasteiger partial charge >= 0.3 is 0 Å². The summed E-state index contributed by atoms with van der Waals surface area (Å²) in [4.78, 5) is 9.96. The zero-order chi connectivity index (χ0) is 22.9. The van der Waals surface area contributed by atoms with Crippen LogP contribution >= 0.6 is 0 Å². The number of fused-ring (bicyclic) bond motifs is 1. The Kier molecular flexibility index (Phi) is 9.48.